The molecule has 0 saturated carbocycles. The summed E-state index contributed by atoms with van der Waals surface area (Å²) in [5.41, 5.74) is 5.32. The fourth-order valence-corrected chi connectivity index (χ4v) is 1.32. The fourth-order valence-electron chi connectivity index (χ4n) is 1.32. The van der Waals surface area contributed by atoms with E-state index in [1.165, 1.54) is 0 Å². The molecule has 18 heavy (non-hydrogen) atoms. The molecule has 3 N–H and O–H groups in total. The van der Waals surface area contributed by atoms with Gasteiger partial charge >= 0.3 is 6.18 Å². The van der Waals surface area contributed by atoms with Gasteiger partial charge in [-0.1, -0.05) is 12.8 Å². The molecule has 0 aliphatic rings. The Balaban J connectivity index is 3.27. The molecule has 0 saturated heterocycles. The van der Waals surface area contributed by atoms with E-state index < -0.39 is 12.8 Å². The van der Waals surface area contributed by atoms with Gasteiger partial charge in [-0.25, -0.2) is 0 Å². The standard InChI is InChI=1S/C11H21F3N2O2/c12-11(13,14)9-18-8-7-16-10(17)5-3-1-2-4-6-15/h1-9,15H2,(H,16,17). The number of halogens is 3. The number of unbranched alkanes of at least 4 members (excludes halogenated alkanes) is 3. The molecule has 7 heteroatoms. The third-order valence-corrected chi connectivity index (χ3v) is 2.19. The summed E-state index contributed by atoms with van der Waals surface area (Å²) in [5.74, 6) is -0.154. The van der Waals surface area contributed by atoms with E-state index in [2.05, 4.69) is 10.1 Å². The van der Waals surface area contributed by atoms with Crippen molar-refractivity contribution in [2.24, 2.45) is 5.73 Å². The van der Waals surface area contributed by atoms with Gasteiger partial charge in [-0.3, -0.25) is 4.79 Å². The maximum Gasteiger partial charge on any atom is 0.411 e. The molecule has 108 valence electrons. The van der Waals surface area contributed by atoms with Crippen LogP contribution in [0, 0.1) is 0 Å². The SMILES string of the molecule is NCCCCCCC(=O)NCCOCC(F)(F)F. The quantitative estimate of drug-likeness (QED) is 0.592. The van der Waals surface area contributed by atoms with Gasteiger partial charge in [0.1, 0.15) is 6.61 Å². The predicted octanol–water partition coefficient (Wildman–Crippen LogP) is 1.59. The zero-order valence-corrected chi connectivity index (χ0v) is 10.4. The first-order valence-electron chi connectivity index (χ1n) is 6.07. The highest BCUT2D eigenvalue weighted by Gasteiger charge is 2.27. The van der Waals surface area contributed by atoms with E-state index in [0.717, 1.165) is 25.7 Å². The van der Waals surface area contributed by atoms with E-state index in [-0.39, 0.29) is 19.1 Å². The molecule has 0 aromatic carbocycles. The lowest BCUT2D eigenvalue weighted by Gasteiger charge is -2.08. The Bertz CT molecular complexity index is 223. The third-order valence-electron chi connectivity index (χ3n) is 2.19. The van der Waals surface area contributed by atoms with Gasteiger partial charge < -0.3 is 15.8 Å². The molecule has 0 atom stereocenters. The highest BCUT2D eigenvalue weighted by Crippen LogP contribution is 2.13. The van der Waals surface area contributed by atoms with Crippen LogP contribution in [0.1, 0.15) is 32.1 Å². The van der Waals surface area contributed by atoms with E-state index in [9.17, 15) is 18.0 Å². The molecule has 1 amide bonds. The average molecular weight is 270 g/mol. The number of nitrogens with one attached hydrogen (secondary N) is 1. The van der Waals surface area contributed by atoms with Crippen LogP contribution in [0.2, 0.25) is 0 Å². The van der Waals surface area contributed by atoms with Crippen molar-refractivity contribution in [3.63, 3.8) is 0 Å². The Hall–Kier alpha value is -0.820. The van der Waals surface area contributed by atoms with Crippen LogP contribution in [0.4, 0.5) is 13.2 Å². The van der Waals surface area contributed by atoms with Crippen molar-refractivity contribution in [3.8, 4) is 0 Å². The molecule has 0 heterocycles. The molecular weight excluding hydrogens is 249 g/mol. The minimum atomic E-state index is -4.31. The second-order valence-corrected chi connectivity index (χ2v) is 3.97. The molecule has 0 aliphatic carbocycles. The van der Waals surface area contributed by atoms with Gasteiger partial charge in [-0.15, -0.1) is 0 Å². The first-order valence-corrected chi connectivity index (χ1v) is 6.07. The van der Waals surface area contributed by atoms with Crippen LogP contribution in [0.5, 0.6) is 0 Å². The second kappa shape index (κ2) is 10.1. The van der Waals surface area contributed by atoms with Gasteiger partial charge in [-0.2, -0.15) is 13.2 Å². The van der Waals surface area contributed by atoms with Gasteiger partial charge in [0.15, 0.2) is 0 Å². The van der Waals surface area contributed by atoms with E-state index in [1.54, 1.807) is 0 Å². The van der Waals surface area contributed by atoms with Crippen molar-refractivity contribution in [1.29, 1.82) is 0 Å². The predicted molar refractivity (Wildman–Crippen MR) is 62.0 cm³/mol. The molecule has 0 rings (SSSR count). The number of rotatable bonds is 10. The summed E-state index contributed by atoms with van der Waals surface area (Å²) < 4.78 is 39.4. The maximum atomic E-state index is 11.7. The highest BCUT2D eigenvalue weighted by molar-refractivity contribution is 5.75. The van der Waals surface area contributed by atoms with Gasteiger partial charge in [0.25, 0.3) is 0 Å². The fraction of sp³-hybridized carbons (Fsp3) is 0.909. The second-order valence-electron chi connectivity index (χ2n) is 3.97. The number of ether oxygens (including phenoxy) is 1. The van der Waals surface area contributed by atoms with Crippen LogP contribution in [0.25, 0.3) is 0 Å². The molecule has 0 radical (unpaired) electrons. The molecule has 0 aromatic heterocycles. The maximum absolute atomic E-state index is 11.7. The summed E-state index contributed by atoms with van der Waals surface area (Å²) >= 11 is 0. The van der Waals surface area contributed by atoms with Crippen molar-refractivity contribution in [2.45, 2.75) is 38.3 Å². The molecule has 0 bridgehead atoms. The topological polar surface area (TPSA) is 64.4 Å². The number of hydrogen-bond acceptors (Lipinski definition) is 3. The molecule has 0 aromatic rings. The van der Waals surface area contributed by atoms with Gasteiger partial charge in [0.05, 0.1) is 6.61 Å². The van der Waals surface area contributed by atoms with Gasteiger partial charge in [-0.05, 0) is 19.4 Å². The average Bonchev–Trinajstić information content (AvgIpc) is 2.27. The first kappa shape index (κ1) is 17.2. The summed E-state index contributed by atoms with van der Waals surface area (Å²) in [4.78, 5) is 11.2. The minimum absolute atomic E-state index is 0.109. The van der Waals surface area contributed by atoms with Crippen LogP contribution in [0.3, 0.4) is 0 Å². The number of alkyl halides is 3. The monoisotopic (exact) mass is 270 g/mol. The Morgan fingerprint density at radius 3 is 2.44 bits per heavy atom. The zero-order valence-electron chi connectivity index (χ0n) is 10.4. The smallest absolute Gasteiger partial charge is 0.370 e. The molecule has 0 fully saturated rings. The lowest BCUT2D eigenvalue weighted by molar-refractivity contribution is -0.173. The number of nitrogens with two attached hydrogens (primary N) is 1. The summed E-state index contributed by atoms with van der Waals surface area (Å²) in [7, 11) is 0. The van der Waals surface area contributed by atoms with Crippen molar-refractivity contribution in [3.05, 3.63) is 0 Å². The summed E-state index contributed by atoms with van der Waals surface area (Å²) in [6.07, 6.45) is -0.257. The molecule has 0 aliphatic heterocycles. The molecular formula is C11H21F3N2O2. The zero-order chi connectivity index (χ0) is 13.9. The Labute approximate surface area is 105 Å². The number of carbonyl (C=O) groups excluding carboxylic acids is 1. The van der Waals surface area contributed by atoms with E-state index in [4.69, 9.17) is 5.73 Å². The van der Waals surface area contributed by atoms with Crippen LogP contribution < -0.4 is 11.1 Å². The first-order chi connectivity index (χ1) is 8.45. The van der Waals surface area contributed by atoms with Gasteiger partial charge in [0, 0.05) is 13.0 Å². The van der Waals surface area contributed by atoms with Crippen molar-refractivity contribution >= 4 is 5.91 Å². The summed E-state index contributed by atoms with van der Waals surface area (Å²) in [6.45, 7) is -0.638. The Kier molecular flexibility index (Phi) is 9.67. The van der Waals surface area contributed by atoms with E-state index >= 15 is 0 Å². The van der Waals surface area contributed by atoms with Crippen LogP contribution in [0.15, 0.2) is 0 Å². The van der Waals surface area contributed by atoms with Crippen molar-refractivity contribution in [1.82, 2.24) is 5.32 Å². The van der Waals surface area contributed by atoms with Crippen LogP contribution in [-0.4, -0.2) is 38.4 Å². The number of hydrogen-bond donors (Lipinski definition) is 2. The van der Waals surface area contributed by atoms with E-state index in [0.29, 0.717) is 13.0 Å². The third kappa shape index (κ3) is 13.2. The van der Waals surface area contributed by atoms with Crippen LogP contribution in [-0.2, 0) is 9.53 Å². The highest BCUT2D eigenvalue weighted by atomic mass is 19.4. The summed E-state index contributed by atoms with van der Waals surface area (Å²) in [6, 6.07) is 0. The largest absolute Gasteiger partial charge is 0.411 e. The number of carbonyl (C=O) groups is 1. The molecule has 4 nitrogen and oxygen atoms in total. The summed E-state index contributed by atoms with van der Waals surface area (Å²) in [5, 5.41) is 2.50. The van der Waals surface area contributed by atoms with Crippen LogP contribution >= 0.6 is 0 Å². The minimum Gasteiger partial charge on any atom is -0.370 e. The molecule has 0 spiro atoms. The van der Waals surface area contributed by atoms with Gasteiger partial charge in [0.2, 0.25) is 5.91 Å². The lowest BCUT2D eigenvalue weighted by atomic mass is 10.1. The normalized spacial score (nSPS) is 11.6. The Morgan fingerprint density at radius 2 is 1.83 bits per heavy atom. The Morgan fingerprint density at radius 1 is 1.17 bits per heavy atom. The van der Waals surface area contributed by atoms with Crippen molar-refractivity contribution < 1.29 is 22.7 Å². The van der Waals surface area contributed by atoms with Crippen molar-refractivity contribution in [2.75, 3.05) is 26.3 Å². The lowest BCUT2D eigenvalue weighted by Crippen LogP contribution is -2.28. The number of amides is 1. The van der Waals surface area contributed by atoms with E-state index in [1.807, 2.05) is 0 Å². The molecule has 0 unspecified atom stereocenters.